The number of benzene rings is 9. The number of hydrogen-bond acceptors (Lipinski definition) is 1. The van der Waals surface area contributed by atoms with Gasteiger partial charge in [-0.1, -0.05) is 127 Å². The second-order valence-electron chi connectivity index (χ2n) is 13.6. The molecule has 236 valence electrons. The van der Waals surface area contributed by atoms with Gasteiger partial charge in [0.05, 0.1) is 27.5 Å². The first kappa shape index (κ1) is 27.0. The summed E-state index contributed by atoms with van der Waals surface area (Å²) in [6.07, 6.45) is 0. The highest BCUT2D eigenvalue weighted by Crippen LogP contribution is 2.49. The number of hydrogen-bond donors (Lipinski definition) is 0. The van der Waals surface area contributed by atoms with Crippen molar-refractivity contribution >= 4 is 97.9 Å². The maximum Gasteiger partial charge on any atom is 0.146 e. The van der Waals surface area contributed by atoms with Crippen LogP contribution < -0.4 is 0 Å². The van der Waals surface area contributed by atoms with Gasteiger partial charge in [-0.3, -0.25) is 0 Å². The molecule has 12 aromatic rings. The van der Waals surface area contributed by atoms with Gasteiger partial charge in [0.15, 0.2) is 0 Å². The van der Waals surface area contributed by atoms with E-state index >= 15 is 0 Å². The summed E-state index contributed by atoms with van der Waals surface area (Å²) >= 11 is 0. The fourth-order valence-corrected chi connectivity index (χ4v) is 9.03. The smallest absolute Gasteiger partial charge is 0.146 e. The fraction of sp³-hybridized carbons (Fsp3) is 0. The van der Waals surface area contributed by atoms with Gasteiger partial charge in [-0.15, -0.1) is 0 Å². The van der Waals surface area contributed by atoms with Crippen LogP contribution in [0.2, 0.25) is 0 Å². The maximum absolute atomic E-state index is 6.92. The van der Waals surface area contributed by atoms with Crippen molar-refractivity contribution in [2.24, 2.45) is 0 Å². The molecular formula is C48H28N2O. The Bertz CT molecular complexity index is 3380. The first-order valence-corrected chi connectivity index (χ1v) is 17.5. The molecule has 0 N–H and O–H groups in total. The molecule has 3 heterocycles. The first-order valence-electron chi connectivity index (χ1n) is 17.5. The lowest BCUT2D eigenvalue weighted by atomic mass is 9.94. The lowest BCUT2D eigenvalue weighted by Crippen LogP contribution is -1.99. The van der Waals surface area contributed by atoms with Crippen molar-refractivity contribution in [3.63, 3.8) is 0 Å². The highest BCUT2D eigenvalue weighted by molar-refractivity contribution is 6.39. The third kappa shape index (κ3) is 3.47. The number of aromatic nitrogens is 2. The van der Waals surface area contributed by atoms with E-state index < -0.39 is 0 Å². The van der Waals surface area contributed by atoms with E-state index in [4.69, 9.17) is 4.42 Å². The minimum atomic E-state index is 0.902. The molecule has 0 radical (unpaired) electrons. The van der Waals surface area contributed by atoms with E-state index in [0.717, 1.165) is 49.7 Å². The van der Waals surface area contributed by atoms with Crippen molar-refractivity contribution in [3.8, 4) is 11.4 Å². The van der Waals surface area contributed by atoms with E-state index in [1.807, 2.05) is 0 Å². The predicted octanol–water partition coefficient (Wildman–Crippen LogP) is 13.2. The zero-order valence-electron chi connectivity index (χ0n) is 27.5. The molecule has 3 nitrogen and oxygen atoms in total. The summed E-state index contributed by atoms with van der Waals surface area (Å²) in [7, 11) is 0. The monoisotopic (exact) mass is 648 g/mol. The largest absolute Gasteiger partial charge is 0.455 e. The Morgan fingerprint density at radius 1 is 0.314 bits per heavy atom. The Morgan fingerprint density at radius 2 is 0.784 bits per heavy atom. The van der Waals surface area contributed by atoms with Crippen molar-refractivity contribution in [1.82, 2.24) is 9.13 Å². The Balaban J connectivity index is 1.37. The molecule has 0 atom stereocenters. The average Bonchev–Trinajstić information content (AvgIpc) is 3.86. The Kier molecular flexibility index (Phi) is 5.23. The van der Waals surface area contributed by atoms with E-state index in [9.17, 15) is 0 Å². The maximum atomic E-state index is 6.92. The number of nitrogens with zero attached hydrogens (tertiary/aromatic N) is 2. The molecule has 12 rings (SSSR count). The highest BCUT2D eigenvalue weighted by atomic mass is 16.3. The normalized spacial score (nSPS) is 12.3. The number of fused-ring (bicyclic) bond motifs is 18. The van der Waals surface area contributed by atoms with Crippen molar-refractivity contribution < 1.29 is 4.42 Å². The molecule has 0 spiro atoms. The Morgan fingerprint density at radius 3 is 1.45 bits per heavy atom. The van der Waals surface area contributed by atoms with Gasteiger partial charge in [0, 0.05) is 38.3 Å². The Labute approximate surface area is 291 Å². The minimum Gasteiger partial charge on any atom is -0.455 e. The fourth-order valence-electron chi connectivity index (χ4n) is 9.03. The molecule has 0 aliphatic heterocycles. The summed E-state index contributed by atoms with van der Waals surface area (Å²) < 4.78 is 11.9. The Hall–Kier alpha value is -6.84. The molecule has 0 unspecified atom stereocenters. The minimum absolute atomic E-state index is 0.902. The van der Waals surface area contributed by atoms with Crippen LogP contribution in [0.25, 0.3) is 109 Å². The summed E-state index contributed by atoms with van der Waals surface area (Å²) in [6.45, 7) is 0. The summed E-state index contributed by atoms with van der Waals surface area (Å²) in [5.41, 5.74) is 8.72. The van der Waals surface area contributed by atoms with E-state index in [2.05, 4.69) is 179 Å². The highest BCUT2D eigenvalue weighted by Gasteiger charge is 2.27. The van der Waals surface area contributed by atoms with Gasteiger partial charge in [-0.2, -0.15) is 0 Å². The molecule has 3 aromatic heterocycles. The third-order valence-corrected chi connectivity index (χ3v) is 11.0. The predicted molar refractivity (Wildman–Crippen MR) is 215 cm³/mol. The molecule has 3 heteroatoms. The van der Waals surface area contributed by atoms with Crippen LogP contribution in [0.15, 0.2) is 174 Å². The number of para-hydroxylation sites is 4. The van der Waals surface area contributed by atoms with Gasteiger partial charge in [-0.05, 0) is 74.8 Å². The summed E-state index contributed by atoms with van der Waals surface area (Å²) in [4.78, 5) is 0. The molecule has 9 aromatic carbocycles. The molecule has 51 heavy (non-hydrogen) atoms. The van der Waals surface area contributed by atoms with Crippen LogP contribution in [-0.2, 0) is 0 Å². The van der Waals surface area contributed by atoms with Crippen LogP contribution in [0.4, 0.5) is 0 Å². The average molecular weight is 649 g/mol. The van der Waals surface area contributed by atoms with Gasteiger partial charge >= 0.3 is 0 Å². The van der Waals surface area contributed by atoms with E-state index in [1.54, 1.807) is 0 Å². The zero-order valence-corrected chi connectivity index (χ0v) is 27.5. The van der Waals surface area contributed by atoms with E-state index in [-0.39, 0.29) is 0 Å². The van der Waals surface area contributed by atoms with Gasteiger partial charge in [0.1, 0.15) is 11.2 Å². The SMILES string of the molecule is c1ccc(-n2c3ccccc3c3c4oc5ccccc5c4c4c5ccccc5n(-c5ccc6c7ccccc7c7ccccc7c6c5)c4c32)cc1. The lowest BCUT2D eigenvalue weighted by molar-refractivity contribution is 0.673. The van der Waals surface area contributed by atoms with Crippen LogP contribution in [0.1, 0.15) is 0 Å². The van der Waals surface area contributed by atoms with Crippen molar-refractivity contribution in [2.75, 3.05) is 0 Å². The van der Waals surface area contributed by atoms with Crippen molar-refractivity contribution in [1.29, 1.82) is 0 Å². The topological polar surface area (TPSA) is 23.0 Å². The molecule has 0 bridgehead atoms. The van der Waals surface area contributed by atoms with E-state index in [0.29, 0.717) is 0 Å². The summed E-state index contributed by atoms with van der Waals surface area (Å²) in [5.74, 6) is 0. The molecule has 0 saturated heterocycles. The number of rotatable bonds is 2. The summed E-state index contributed by atoms with van der Waals surface area (Å²) in [6, 6.07) is 61.6. The standard InChI is InChI=1S/C48H28N2O/c1-2-14-29(15-3-1)49-41-24-12-9-21-37(41)45-47(49)46-43(44-38-22-10-13-25-42(38)51-48(44)45)36-20-8-11-23-40(36)50(46)30-26-27-35-33-18-5-4-16-31(33)32-17-6-7-19-34(32)39(35)28-30/h1-28H. The van der Waals surface area contributed by atoms with Crippen molar-refractivity contribution in [3.05, 3.63) is 170 Å². The summed E-state index contributed by atoms with van der Waals surface area (Å²) in [5, 5.41) is 14.6. The van der Waals surface area contributed by atoms with Crippen LogP contribution >= 0.6 is 0 Å². The van der Waals surface area contributed by atoms with Gasteiger partial charge in [0.25, 0.3) is 0 Å². The van der Waals surface area contributed by atoms with Gasteiger partial charge in [-0.25, -0.2) is 0 Å². The van der Waals surface area contributed by atoms with Crippen LogP contribution in [-0.4, -0.2) is 9.13 Å². The molecule has 0 amide bonds. The van der Waals surface area contributed by atoms with Crippen LogP contribution in [0, 0.1) is 0 Å². The van der Waals surface area contributed by atoms with Crippen molar-refractivity contribution in [2.45, 2.75) is 0 Å². The van der Waals surface area contributed by atoms with Crippen LogP contribution in [0.5, 0.6) is 0 Å². The van der Waals surface area contributed by atoms with Gasteiger partial charge < -0.3 is 13.6 Å². The molecular weight excluding hydrogens is 621 g/mol. The second-order valence-corrected chi connectivity index (χ2v) is 13.6. The molecule has 0 aliphatic rings. The quantitative estimate of drug-likeness (QED) is 0.171. The first-order chi connectivity index (χ1) is 25.3. The molecule has 0 fully saturated rings. The van der Waals surface area contributed by atoms with Crippen LogP contribution in [0.3, 0.4) is 0 Å². The molecule has 0 aliphatic carbocycles. The lowest BCUT2D eigenvalue weighted by Gasteiger charge is -2.15. The van der Waals surface area contributed by atoms with Gasteiger partial charge in [0.2, 0.25) is 0 Å². The zero-order chi connectivity index (χ0) is 33.2. The second kappa shape index (κ2) is 9.87. The number of furan rings is 1. The third-order valence-electron chi connectivity index (χ3n) is 11.0. The molecule has 0 saturated carbocycles. The van der Waals surface area contributed by atoms with E-state index in [1.165, 1.54) is 59.5 Å².